The van der Waals surface area contributed by atoms with Gasteiger partial charge in [-0.15, -0.1) is 0 Å². The zero-order valence-corrected chi connectivity index (χ0v) is 12.5. The summed E-state index contributed by atoms with van der Waals surface area (Å²) in [5.74, 6) is -1.52. The topological polar surface area (TPSA) is 134 Å². The number of hydrogen-bond acceptors (Lipinski definition) is 7. The van der Waals surface area contributed by atoms with Crippen molar-refractivity contribution in [1.29, 1.82) is 0 Å². The number of benzene rings is 2. The zero-order chi connectivity index (χ0) is 17.7. The highest BCUT2D eigenvalue weighted by molar-refractivity contribution is 5.94. The minimum Gasteiger partial charge on any atom is -0.504 e. The van der Waals surface area contributed by atoms with Gasteiger partial charge in [0.2, 0.25) is 0 Å². The fourth-order valence-corrected chi connectivity index (χ4v) is 1.91. The van der Waals surface area contributed by atoms with Crippen LogP contribution in [-0.4, -0.2) is 34.4 Å². The average Bonchev–Trinajstić information content (AvgIpc) is 2.56. The first kappa shape index (κ1) is 16.7. The lowest BCUT2D eigenvalue weighted by Crippen LogP contribution is -2.02. The molecule has 2 aromatic carbocycles. The summed E-state index contributed by atoms with van der Waals surface area (Å²) in [7, 11) is 1.26. The van der Waals surface area contributed by atoms with Crippen LogP contribution in [0.5, 0.6) is 11.5 Å². The van der Waals surface area contributed by atoms with E-state index in [0.29, 0.717) is 0 Å². The molecule has 3 N–H and O–H groups in total. The summed E-state index contributed by atoms with van der Waals surface area (Å²) >= 11 is 0. The van der Waals surface area contributed by atoms with Crippen molar-refractivity contribution in [1.82, 2.24) is 0 Å². The first-order chi connectivity index (χ1) is 11.4. The second-order valence-corrected chi connectivity index (χ2v) is 4.56. The lowest BCUT2D eigenvalue weighted by Gasteiger charge is -2.07. The van der Waals surface area contributed by atoms with Crippen LogP contribution in [0.1, 0.15) is 15.9 Å². The number of nitro groups is 1. The number of anilines is 1. The molecule has 0 fully saturated rings. The maximum Gasteiger partial charge on any atom is 0.337 e. The fourth-order valence-electron chi connectivity index (χ4n) is 1.91. The van der Waals surface area contributed by atoms with Crippen molar-refractivity contribution >= 4 is 23.6 Å². The molecule has 0 aliphatic carbocycles. The van der Waals surface area contributed by atoms with Crippen molar-refractivity contribution < 1.29 is 24.7 Å². The number of aromatic hydroxyl groups is 1. The predicted octanol–water partition coefficient (Wildman–Crippen LogP) is 2.45. The molecule has 0 aliphatic heterocycles. The Bertz CT molecular complexity index is 819. The molecule has 0 unspecified atom stereocenters. The third-order valence-corrected chi connectivity index (χ3v) is 3.07. The second-order valence-electron chi connectivity index (χ2n) is 4.56. The minimum atomic E-state index is -1.13. The molecule has 0 spiro atoms. The Kier molecular flexibility index (Phi) is 4.95. The summed E-state index contributed by atoms with van der Waals surface area (Å²) in [6.45, 7) is 0. The van der Waals surface area contributed by atoms with Crippen molar-refractivity contribution in [2.45, 2.75) is 0 Å². The zero-order valence-electron chi connectivity index (χ0n) is 12.5. The third-order valence-electron chi connectivity index (χ3n) is 3.07. The number of nitro benzene ring substituents is 1. The number of rotatable bonds is 6. The number of carboxylic acids is 1. The molecule has 0 aromatic heterocycles. The maximum atomic E-state index is 11.1. The molecular formula is C15H13N3O6. The molecular weight excluding hydrogens is 318 g/mol. The molecule has 9 nitrogen and oxygen atoms in total. The van der Waals surface area contributed by atoms with Gasteiger partial charge in [0.1, 0.15) is 0 Å². The first-order valence-electron chi connectivity index (χ1n) is 6.60. The number of hydrogen-bond donors (Lipinski definition) is 3. The molecule has 0 heterocycles. The van der Waals surface area contributed by atoms with Crippen LogP contribution in [0.4, 0.5) is 11.4 Å². The van der Waals surface area contributed by atoms with E-state index in [4.69, 9.17) is 9.84 Å². The number of phenols is 1. The molecule has 2 rings (SSSR count). The third kappa shape index (κ3) is 3.58. The summed E-state index contributed by atoms with van der Waals surface area (Å²) in [6.07, 6.45) is 1.13. The van der Waals surface area contributed by atoms with E-state index in [1.54, 1.807) is 12.1 Å². The number of nitrogens with one attached hydrogen (secondary N) is 1. The molecule has 0 atom stereocenters. The molecule has 0 bridgehead atoms. The van der Waals surface area contributed by atoms with Gasteiger partial charge in [0.25, 0.3) is 5.69 Å². The fraction of sp³-hybridized carbons (Fsp3) is 0.0667. The highest BCUT2D eigenvalue weighted by Crippen LogP contribution is 2.33. The quantitative estimate of drug-likeness (QED) is 0.420. The van der Waals surface area contributed by atoms with Crippen molar-refractivity contribution in [2.75, 3.05) is 12.5 Å². The second kappa shape index (κ2) is 7.09. The molecule has 0 saturated carbocycles. The monoisotopic (exact) mass is 331 g/mol. The van der Waals surface area contributed by atoms with E-state index in [0.717, 1.165) is 18.3 Å². The minimum absolute atomic E-state index is 0.00972. The van der Waals surface area contributed by atoms with Gasteiger partial charge >= 0.3 is 5.97 Å². The van der Waals surface area contributed by atoms with Gasteiger partial charge in [-0.1, -0.05) is 12.1 Å². The Morgan fingerprint density at radius 3 is 2.71 bits per heavy atom. The molecule has 0 saturated heterocycles. The molecule has 0 amide bonds. The van der Waals surface area contributed by atoms with E-state index in [-0.39, 0.29) is 34.0 Å². The number of carbonyl (C=O) groups is 1. The first-order valence-corrected chi connectivity index (χ1v) is 6.60. The highest BCUT2D eigenvalue weighted by Gasteiger charge is 2.16. The van der Waals surface area contributed by atoms with Crippen molar-refractivity contribution in [2.24, 2.45) is 5.10 Å². The number of aromatic carboxylic acids is 1. The number of para-hydroxylation sites is 1. The average molecular weight is 331 g/mol. The van der Waals surface area contributed by atoms with Crippen molar-refractivity contribution in [3.8, 4) is 11.5 Å². The number of carboxylic acid groups (broad SMARTS) is 1. The van der Waals surface area contributed by atoms with Gasteiger partial charge in [-0.3, -0.25) is 15.5 Å². The Hall–Kier alpha value is -3.62. The highest BCUT2D eigenvalue weighted by atomic mass is 16.6. The van der Waals surface area contributed by atoms with Gasteiger partial charge in [-0.05, 0) is 12.1 Å². The van der Waals surface area contributed by atoms with Crippen LogP contribution >= 0.6 is 0 Å². The normalized spacial score (nSPS) is 10.5. The van der Waals surface area contributed by atoms with Gasteiger partial charge in [0.15, 0.2) is 11.5 Å². The van der Waals surface area contributed by atoms with E-state index in [1.165, 1.54) is 19.2 Å². The lowest BCUT2D eigenvalue weighted by atomic mass is 10.1. The van der Waals surface area contributed by atoms with Gasteiger partial charge in [0.05, 0.1) is 35.6 Å². The summed E-state index contributed by atoms with van der Waals surface area (Å²) in [4.78, 5) is 21.3. The lowest BCUT2D eigenvalue weighted by molar-refractivity contribution is -0.385. The molecule has 2 aromatic rings. The Balaban J connectivity index is 2.31. The number of hydrazone groups is 1. The van der Waals surface area contributed by atoms with Crippen LogP contribution in [0.25, 0.3) is 0 Å². The predicted molar refractivity (Wildman–Crippen MR) is 85.9 cm³/mol. The van der Waals surface area contributed by atoms with Gasteiger partial charge in [-0.2, -0.15) is 5.10 Å². The van der Waals surface area contributed by atoms with Gasteiger partial charge < -0.3 is 14.9 Å². The summed E-state index contributed by atoms with van der Waals surface area (Å²) < 4.78 is 4.88. The number of nitrogens with zero attached hydrogens (tertiary/aromatic N) is 2. The van der Waals surface area contributed by atoms with Crippen LogP contribution in [0.3, 0.4) is 0 Å². The molecule has 0 aliphatic rings. The smallest absolute Gasteiger partial charge is 0.337 e. The van der Waals surface area contributed by atoms with Crippen LogP contribution in [0.2, 0.25) is 0 Å². The van der Waals surface area contributed by atoms with Gasteiger partial charge in [-0.25, -0.2) is 4.79 Å². The largest absolute Gasteiger partial charge is 0.504 e. The SMILES string of the molecule is COc1cc([N+](=O)[O-])cc(/C=N\Nc2ccccc2C(=O)O)c1O. The van der Waals surface area contributed by atoms with Gasteiger partial charge in [0, 0.05) is 11.6 Å². The molecule has 124 valence electrons. The van der Waals surface area contributed by atoms with Crippen LogP contribution in [0.15, 0.2) is 41.5 Å². The van der Waals surface area contributed by atoms with E-state index < -0.39 is 10.9 Å². The van der Waals surface area contributed by atoms with Crippen LogP contribution in [0, 0.1) is 10.1 Å². The Morgan fingerprint density at radius 2 is 2.08 bits per heavy atom. The van der Waals surface area contributed by atoms with Crippen LogP contribution < -0.4 is 10.2 Å². The standard InChI is InChI=1S/C15H13N3O6/c1-24-13-7-10(18(22)23)6-9(14(13)19)8-16-17-12-5-3-2-4-11(12)15(20)21/h2-8,17,19H,1H3,(H,20,21)/b16-8-. The molecule has 9 heteroatoms. The Morgan fingerprint density at radius 1 is 1.38 bits per heavy atom. The van der Waals surface area contributed by atoms with E-state index >= 15 is 0 Å². The molecule has 24 heavy (non-hydrogen) atoms. The number of phenolic OH excluding ortho intramolecular Hbond substituents is 1. The van der Waals surface area contributed by atoms with Crippen LogP contribution in [-0.2, 0) is 0 Å². The van der Waals surface area contributed by atoms with E-state index in [9.17, 15) is 20.0 Å². The summed E-state index contributed by atoms with van der Waals surface area (Å²) in [5.41, 5.74) is 2.53. The Labute approximate surface area is 136 Å². The number of non-ortho nitro benzene ring substituents is 1. The van der Waals surface area contributed by atoms with E-state index in [1.807, 2.05) is 0 Å². The number of methoxy groups -OCH3 is 1. The number of ether oxygens (including phenoxy) is 1. The maximum absolute atomic E-state index is 11.1. The van der Waals surface area contributed by atoms with Crippen molar-refractivity contribution in [3.63, 3.8) is 0 Å². The van der Waals surface area contributed by atoms with E-state index in [2.05, 4.69) is 10.5 Å². The van der Waals surface area contributed by atoms with Crippen molar-refractivity contribution in [3.05, 3.63) is 57.6 Å². The summed E-state index contributed by atoms with van der Waals surface area (Å²) in [5, 5.41) is 33.7. The summed E-state index contributed by atoms with van der Waals surface area (Å²) in [6, 6.07) is 8.29. The molecule has 0 radical (unpaired) electrons.